The molecule has 0 bridgehead atoms. The summed E-state index contributed by atoms with van der Waals surface area (Å²) in [4.78, 5) is 17.5. The molecule has 5 heteroatoms. The molecule has 0 spiro atoms. The number of benzene rings is 1. The first-order valence-electron chi connectivity index (χ1n) is 8.05. The number of aromatic nitrogens is 2. The van der Waals surface area contributed by atoms with Crippen LogP contribution in [0.5, 0.6) is 0 Å². The molecular weight excluding hydrogens is 322 g/mol. The summed E-state index contributed by atoms with van der Waals surface area (Å²) >= 11 is 6.32. The van der Waals surface area contributed by atoms with Gasteiger partial charge in [0.1, 0.15) is 11.3 Å². The van der Waals surface area contributed by atoms with Gasteiger partial charge in [-0.3, -0.25) is 9.20 Å². The predicted molar refractivity (Wildman–Crippen MR) is 98.1 cm³/mol. The lowest BCUT2D eigenvalue weighted by atomic mass is 10.1. The molecule has 1 aromatic carbocycles. The molecule has 124 valence electrons. The average Bonchev–Trinajstić information content (AvgIpc) is 2.89. The molecule has 3 aromatic rings. The summed E-state index contributed by atoms with van der Waals surface area (Å²) in [5.41, 5.74) is 4.82. The molecule has 0 saturated carbocycles. The fraction of sp³-hybridized carbons (Fsp3) is 0.263. The van der Waals surface area contributed by atoms with Crippen molar-refractivity contribution in [1.29, 1.82) is 0 Å². The molecule has 24 heavy (non-hydrogen) atoms. The Morgan fingerprint density at radius 1 is 1.29 bits per heavy atom. The van der Waals surface area contributed by atoms with Crippen LogP contribution in [0, 0.1) is 13.8 Å². The fourth-order valence-electron chi connectivity index (χ4n) is 2.94. The highest BCUT2D eigenvalue weighted by atomic mass is 35.5. The molecule has 0 aliphatic heterocycles. The average molecular weight is 342 g/mol. The third-order valence-electron chi connectivity index (χ3n) is 3.97. The molecule has 1 amide bonds. The van der Waals surface area contributed by atoms with Crippen molar-refractivity contribution in [3.63, 3.8) is 0 Å². The van der Waals surface area contributed by atoms with Gasteiger partial charge in [0.25, 0.3) is 5.91 Å². The highest BCUT2D eigenvalue weighted by molar-refractivity contribution is 6.34. The highest BCUT2D eigenvalue weighted by Gasteiger charge is 2.20. The number of fused-ring (bicyclic) bond motifs is 1. The number of hydrogen-bond donors (Lipinski definition) is 1. The monoisotopic (exact) mass is 341 g/mol. The van der Waals surface area contributed by atoms with Crippen LogP contribution in [0.4, 0.5) is 5.69 Å². The van der Waals surface area contributed by atoms with Crippen LogP contribution in [-0.2, 0) is 6.42 Å². The molecule has 1 N–H and O–H groups in total. The minimum Gasteiger partial charge on any atom is -0.319 e. The first-order chi connectivity index (χ1) is 11.5. The van der Waals surface area contributed by atoms with E-state index in [1.165, 1.54) is 0 Å². The predicted octanol–water partition coefficient (Wildman–Crippen LogP) is 4.81. The van der Waals surface area contributed by atoms with E-state index < -0.39 is 0 Å². The van der Waals surface area contributed by atoms with Gasteiger partial charge in [-0.1, -0.05) is 37.1 Å². The number of carbonyl (C=O) groups excluding carboxylic acids is 1. The van der Waals surface area contributed by atoms with E-state index in [-0.39, 0.29) is 5.91 Å². The maximum absolute atomic E-state index is 12.9. The number of hydrogen-bond acceptors (Lipinski definition) is 2. The van der Waals surface area contributed by atoms with Gasteiger partial charge in [-0.15, -0.1) is 0 Å². The zero-order chi connectivity index (χ0) is 17.3. The second kappa shape index (κ2) is 6.65. The number of nitrogens with zero attached hydrogens (tertiary/aromatic N) is 2. The number of amides is 1. The zero-order valence-electron chi connectivity index (χ0n) is 14.1. The van der Waals surface area contributed by atoms with Gasteiger partial charge in [0, 0.05) is 6.20 Å². The fourth-order valence-corrected chi connectivity index (χ4v) is 3.31. The van der Waals surface area contributed by atoms with Crippen LogP contribution < -0.4 is 5.32 Å². The summed E-state index contributed by atoms with van der Waals surface area (Å²) in [5.74, 6) is -0.189. The molecule has 0 aliphatic rings. The Labute approximate surface area is 146 Å². The van der Waals surface area contributed by atoms with Gasteiger partial charge in [0.2, 0.25) is 0 Å². The molecule has 4 nitrogen and oxygen atoms in total. The van der Waals surface area contributed by atoms with Crippen LogP contribution in [0.25, 0.3) is 5.65 Å². The summed E-state index contributed by atoms with van der Waals surface area (Å²) in [6, 6.07) is 9.57. The maximum atomic E-state index is 12.9. The number of carbonyl (C=O) groups is 1. The largest absolute Gasteiger partial charge is 0.319 e. The van der Waals surface area contributed by atoms with E-state index in [0.717, 1.165) is 35.3 Å². The van der Waals surface area contributed by atoms with E-state index in [1.807, 2.05) is 54.8 Å². The van der Waals surface area contributed by atoms with Crippen LogP contribution >= 0.6 is 11.6 Å². The minimum atomic E-state index is -0.189. The SMILES string of the molecule is CCCc1nc2ccccn2c1C(=O)Nc1c(C)cc(C)cc1Cl. The van der Waals surface area contributed by atoms with E-state index >= 15 is 0 Å². The van der Waals surface area contributed by atoms with Crippen molar-refractivity contribution in [2.24, 2.45) is 0 Å². The van der Waals surface area contributed by atoms with Gasteiger partial charge < -0.3 is 5.32 Å². The number of aryl methyl sites for hydroxylation is 3. The third-order valence-corrected chi connectivity index (χ3v) is 4.27. The Morgan fingerprint density at radius 3 is 2.79 bits per heavy atom. The lowest BCUT2D eigenvalue weighted by Crippen LogP contribution is -2.17. The topological polar surface area (TPSA) is 46.4 Å². The lowest BCUT2D eigenvalue weighted by Gasteiger charge is -2.12. The first kappa shape index (κ1) is 16.5. The molecule has 0 aliphatic carbocycles. The molecule has 3 rings (SSSR count). The van der Waals surface area contributed by atoms with Gasteiger partial charge in [0.15, 0.2) is 0 Å². The summed E-state index contributed by atoms with van der Waals surface area (Å²) in [7, 11) is 0. The van der Waals surface area contributed by atoms with E-state index in [2.05, 4.69) is 17.2 Å². The van der Waals surface area contributed by atoms with Crippen molar-refractivity contribution in [3.8, 4) is 0 Å². The standard InChI is InChI=1S/C19H20ClN3O/c1-4-7-15-18(23-9-6-5-8-16(23)21-15)19(24)22-17-13(3)10-12(2)11-14(17)20/h5-6,8-11H,4,7H2,1-3H3,(H,22,24). The number of rotatable bonds is 4. The minimum absolute atomic E-state index is 0.189. The first-order valence-corrected chi connectivity index (χ1v) is 8.43. The van der Waals surface area contributed by atoms with Crippen LogP contribution in [-0.4, -0.2) is 15.3 Å². The summed E-state index contributed by atoms with van der Waals surface area (Å²) in [6.07, 6.45) is 3.54. The van der Waals surface area contributed by atoms with Crippen LogP contribution in [0.15, 0.2) is 36.5 Å². The van der Waals surface area contributed by atoms with E-state index in [9.17, 15) is 4.79 Å². The smallest absolute Gasteiger partial charge is 0.274 e. The number of imidazole rings is 1. The molecule has 0 saturated heterocycles. The zero-order valence-corrected chi connectivity index (χ0v) is 14.8. The van der Waals surface area contributed by atoms with Gasteiger partial charge in [-0.2, -0.15) is 0 Å². The van der Waals surface area contributed by atoms with Crippen molar-refractivity contribution >= 4 is 28.8 Å². The Balaban J connectivity index is 2.04. The lowest BCUT2D eigenvalue weighted by molar-refractivity contribution is 0.102. The van der Waals surface area contributed by atoms with Crippen LogP contribution in [0.1, 0.15) is 40.7 Å². The number of anilines is 1. The number of halogens is 1. The van der Waals surface area contributed by atoms with E-state index in [4.69, 9.17) is 11.6 Å². The quantitative estimate of drug-likeness (QED) is 0.740. The van der Waals surface area contributed by atoms with Crippen molar-refractivity contribution < 1.29 is 4.79 Å². The van der Waals surface area contributed by atoms with Gasteiger partial charge in [0.05, 0.1) is 16.4 Å². The summed E-state index contributed by atoms with van der Waals surface area (Å²) in [5, 5.41) is 3.52. The molecule has 0 unspecified atom stereocenters. The molecule has 0 atom stereocenters. The number of pyridine rings is 1. The Morgan fingerprint density at radius 2 is 2.08 bits per heavy atom. The van der Waals surface area contributed by atoms with Crippen molar-refractivity contribution in [2.75, 3.05) is 5.32 Å². The Hall–Kier alpha value is -2.33. The molecule has 2 heterocycles. The molecule has 0 radical (unpaired) electrons. The maximum Gasteiger partial charge on any atom is 0.274 e. The van der Waals surface area contributed by atoms with Gasteiger partial charge in [-0.25, -0.2) is 4.98 Å². The molecular formula is C19H20ClN3O. The van der Waals surface area contributed by atoms with Gasteiger partial charge in [-0.05, 0) is 49.6 Å². The summed E-state index contributed by atoms with van der Waals surface area (Å²) < 4.78 is 1.83. The van der Waals surface area contributed by atoms with E-state index in [0.29, 0.717) is 16.4 Å². The Kier molecular flexibility index (Phi) is 4.58. The third kappa shape index (κ3) is 3.02. The van der Waals surface area contributed by atoms with Crippen molar-refractivity contribution in [3.05, 3.63) is 64.1 Å². The van der Waals surface area contributed by atoms with E-state index in [1.54, 1.807) is 0 Å². The molecule has 0 fully saturated rings. The van der Waals surface area contributed by atoms with Crippen molar-refractivity contribution in [2.45, 2.75) is 33.6 Å². The summed E-state index contributed by atoms with van der Waals surface area (Å²) in [6.45, 7) is 6.00. The second-order valence-corrected chi connectivity index (χ2v) is 6.39. The Bertz CT molecular complexity index is 891. The van der Waals surface area contributed by atoms with Gasteiger partial charge >= 0.3 is 0 Å². The molecule has 2 aromatic heterocycles. The van der Waals surface area contributed by atoms with Crippen molar-refractivity contribution in [1.82, 2.24) is 9.38 Å². The highest BCUT2D eigenvalue weighted by Crippen LogP contribution is 2.28. The number of nitrogens with one attached hydrogen (secondary N) is 1. The van der Waals surface area contributed by atoms with Crippen LogP contribution in [0.3, 0.4) is 0 Å². The van der Waals surface area contributed by atoms with Crippen LogP contribution in [0.2, 0.25) is 5.02 Å². The second-order valence-electron chi connectivity index (χ2n) is 5.98. The normalized spacial score (nSPS) is 11.0.